The van der Waals surface area contributed by atoms with Crippen LogP contribution < -0.4 is 0 Å². The quantitative estimate of drug-likeness (QED) is 0.477. The molecule has 2 aliphatic heterocycles. The number of halogens is 5. The molecule has 2 nitrogen and oxygen atoms in total. The number of hydrogen-bond acceptors (Lipinski definition) is 0. The molecule has 0 radical (unpaired) electrons. The van der Waals surface area contributed by atoms with Crippen molar-refractivity contribution in [3.8, 4) is 0 Å². The van der Waals surface area contributed by atoms with Gasteiger partial charge in [0, 0.05) is 38.8 Å². The molecule has 0 unspecified atom stereocenters. The third-order valence-corrected chi connectivity index (χ3v) is 5.87. The third kappa shape index (κ3) is 2.14. The summed E-state index contributed by atoms with van der Waals surface area (Å²) in [6.07, 6.45) is 3.35. The first-order chi connectivity index (χ1) is 11.3. The molecule has 0 spiro atoms. The van der Waals surface area contributed by atoms with Crippen LogP contribution in [0.15, 0.2) is 52.8 Å². The first-order valence-electron chi connectivity index (χ1n) is 7.22. The lowest BCUT2D eigenvalue weighted by molar-refractivity contribution is -0.358. The second-order valence-electron chi connectivity index (χ2n) is 5.75. The van der Waals surface area contributed by atoms with Gasteiger partial charge in [-0.05, 0) is 58.2 Å². The van der Waals surface area contributed by atoms with Crippen molar-refractivity contribution < 1.29 is 13.1 Å². The molecule has 0 atom stereocenters. The highest BCUT2D eigenvalue weighted by Gasteiger charge is 2.54. The maximum atomic E-state index is 15.1. The van der Waals surface area contributed by atoms with Crippen LogP contribution in [0.3, 0.4) is 0 Å². The second kappa shape index (κ2) is 5.41. The van der Waals surface area contributed by atoms with Crippen molar-refractivity contribution in [1.29, 1.82) is 0 Å². The summed E-state index contributed by atoms with van der Waals surface area (Å²) in [4.78, 5) is 0. The number of aryl methyl sites for hydroxylation is 1. The van der Waals surface area contributed by atoms with E-state index in [9.17, 15) is 0 Å². The summed E-state index contributed by atoms with van der Waals surface area (Å²) >= 11 is 12.7. The molecule has 0 saturated heterocycles. The zero-order valence-electron chi connectivity index (χ0n) is 12.4. The normalized spacial score (nSPS) is 18.2. The Morgan fingerprint density at radius 3 is 2.62 bits per heavy atom. The van der Waals surface area contributed by atoms with Gasteiger partial charge in [-0.25, -0.2) is 0 Å². The minimum Gasteiger partial charge on any atom is -0.389 e. The van der Waals surface area contributed by atoms with Gasteiger partial charge in [-0.15, -0.1) is 0 Å². The Morgan fingerprint density at radius 1 is 1.12 bits per heavy atom. The molecule has 2 aliphatic rings. The van der Waals surface area contributed by atoms with Crippen molar-refractivity contribution in [3.05, 3.63) is 74.6 Å². The third-order valence-electron chi connectivity index (χ3n) is 4.34. The van der Waals surface area contributed by atoms with Crippen LogP contribution >= 0.6 is 43.5 Å². The Labute approximate surface area is 159 Å². The van der Waals surface area contributed by atoms with E-state index in [-0.39, 0.29) is 0 Å². The van der Waals surface area contributed by atoms with Gasteiger partial charge in [0.25, 0.3) is 0 Å². The summed E-state index contributed by atoms with van der Waals surface area (Å²) in [7, 11) is 0. The van der Waals surface area contributed by atoms with Crippen molar-refractivity contribution in [1.82, 2.24) is 4.48 Å². The maximum Gasteiger partial charge on any atom is 0.738 e. The van der Waals surface area contributed by atoms with Crippen LogP contribution in [0.2, 0.25) is 5.02 Å². The SMILES string of the molecule is Cc1ccc(Cl)cc1C1=C2C=CC(Br)=[N+]2[B-](F)(F)n2c(Br)ccc21. The van der Waals surface area contributed by atoms with E-state index in [0.29, 0.717) is 25.6 Å². The van der Waals surface area contributed by atoms with E-state index >= 15 is 8.63 Å². The van der Waals surface area contributed by atoms with E-state index in [1.54, 1.807) is 30.4 Å². The van der Waals surface area contributed by atoms with Crippen molar-refractivity contribution in [3.63, 3.8) is 0 Å². The van der Waals surface area contributed by atoms with Crippen molar-refractivity contribution >= 4 is 60.6 Å². The van der Waals surface area contributed by atoms with E-state index in [1.165, 1.54) is 0 Å². The molecule has 0 saturated carbocycles. The van der Waals surface area contributed by atoms with E-state index in [0.717, 1.165) is 25.7 Å². The Hall–Kier alpha value is -1.18. The molecule has 24 heavy (non-hydrogen) atoms. The fraction of sp³-hybridized carbons (Fsp3) is 0.0625. The van der Waals surface area contributed by atoms with Crippen LogP contribution in [0.5, 0.6) is 0 Å². The van der Waals surface area contributed by atoms with E-state index < -0.39 is 6.97 Å². The molecule has 4 rings (SSSR count). The first kappa shape index (κ1) is 16.3. The standard InChI is InChI=1S/C16H10BBr2ClF2N2/c1-9-2-3-10(20)8-11(9)16-12-4-6-14(18)23(12)17(21,22)24-13(16)5-7-15(24)19/h2-8H,1H3. The summed E-state index contributed by atoms with van der Waals surface area (Å²) in [5.41, 5.74) is 3.48. The van der Waals surface area contributed by atoms with Crippen LogP contribution in [0, 0.1) is 6.92 Å². The number of allylic oxidation sites excluding steroid dienone is 2. The van der Waals surface area contributed by atoms with E-state index in [2.05, 4.69) is 31.9 Å². The largest absolute Gasteiger partial charge is 0.738 e. The molecule has 2 aromatic rings. The highest BCUT2D eigenvalue weighted by atomic mass is 79.9. The van der Waals surface area contributed by atoms with E-state index in [1.807, 2.05) is 19.1 Å². The van der Waals surface area contributed by atoms with Gasteiger partial charge in [-0.3, -0.25) is 0 Å². The first-order valence-corrected chi connectivity index (χ1v) is 9.19. The van der Waals surface area contributed by atoms with Gasteiger partial charge in [0.1, 0.15) is 0 Å². The Morgan fingerprint density at radius 2 is 1.88 bits per heavy atom. The molecule has 1 aromatic heterocycles. The minimum atomic E-state index is -4.00. The molecule has 0 fully saturated rings. The van der Waals surface area contributed by atoms with Crippen molar-refractivity contribution in [2.75, 3.05) is 0 Å². The number of fused-ring (bicyclic) bond motifs is 2. The number of nitrogens with zero attached hydrogens (tertiary/aromatic N) is 2. The Balaban J connectivity index is 2.14. The molecule has 0 aliphatic carbocycles. The summed E-state index contributed by atoms with van der Waals surface area (Å²) in [5.74, 6) is 0. The fourth-order valence-corrected chi connectivity index (χ4v) is 4.58. The molecule has 0 N–H and O–H groups in total. The molecular formula is C16H10BBr2ClF2N2. The Bertz CT molecular complexity index is 992. The van der Waals surface area contributed by atoms with Gasteiger partial charge in [0.15, 0.2) is 5.70 Å². The maximum absolute atomic E-state index is 15.1. The zero-order valence-corrected chi connectivity index (χ0v) is 16.3. The van der Waals surface area contributed by atoms with Gasteiger partial charge in [0.2, 0.25) is 4.62 Å². The molecule has 8 heteroatoms. The number of hydrogen-bond donors (Lipinski definition) is 0. The smallest absolute Gasteiger partial charge is 0.389 e. The van der Waals surface area contributed by atoms with Crippen molar-refractivity contribution in [2.24, 2.45) is 0 Å². The summed E-state index contributed by atoms with van der Waals surface area (Å²) in [6, 6.07) is 8.86. The predicted octanol–water partition coefficient (Wildman–Crippen LogP) is 5.58. The summed E-state index contributed by atoms with van der Waals surface area (Å²) in [5, 5.41) is 0.570. The van der Waals surface area contributed by atoms with Crippen LogP contribution in [0.4, 0.5) is 8.63 Å². The van der Waals surface area contributed by atoms with Gasteiger partial charge in [0.05, 0.1) is 10.2 Å². The number of rotatable bonds is 1. The van der Waals surface area contributed by atoms with Crippen LogP contribution in [-0.2, 0) is 0 Å². The molecule has 1 aromatic carbocycles. The lowest BCUT2D eigenvalue weighted by Crippen LogP contribution is -2.50. The average molecular weight is 474 g/mol. The van der Waals surface area contributed by atoms with Gasteiger partial charge < -0.3 is 17.6 Å². The fourth-order valence-electron chi connectivity index (χ4n) is 3.27. The topological polar surface area (TPSA) is 7.94 Å². The van der Waals surface area contributed by atoms with Gasteiger partial charge >= 0.3 is 6.97 Å². The second-order valence-corrected chi connectivity index (χ2v) is 7.81. The van der Waals surface area contributed by atoms with Crippen LogP contribution in [0.25, 0.3) is 5.57 Å². The number of benzene rings is 1. The monoisotopic (exact) mass is 472 g/mol. The van der Waals surface area contributed by atoms with Crippen LogP contribution in [-0.4, -0.2) is 20.6 Å². The van der Waals surface area contributed by atoms with Gasteiger partial charge in [-0.1, -0.05) is 17.7 Å². The molecule has 122 valence electrons. The zero-order chi connectivity index (χ0) is 17.2. The molecular weight excluding hydrogens is 464 g/mol. The van der Waals surface area contributed by atoms with E-state index in [4.69, 9.17) is 11.6 Å². The summed E-state index contributed by atoms with van der Waals surface area (Å²) < 4.78 is 33.0. The lowest BCUT2D eigenvalue weighted by Gasteiger charge is -2.32. The molecule has 0 bridgehead atoms. The minimum absolute atomic E-state index is 0.339. The molecule has 3 heterocycles. The summed E-state index contributed by atoms with van der Waals surface area (Å²) in [6.45, 7) is -2.05. The van der Waals surface area contributed by atoms with Crippen molar-refractivity contribution in [2.45, 2.75) is 6.92 Å². The van der Waals surface area contributed by atoms with Gasteiger partial charge in [-0.2, -0.15) is 0 Å². The predicted molar refractivity (Wildman–Crippen MR) is 101 cm³/mol. The highest BCUT2D eigenvalue weighted by Crippen LogP contribution is 2.43. The highest BCUT2D eigenvalue weighted by molar-refractivity contribution is 9.18. The van der Waals surface area contributed by atoms with Crippen LogP contribution in [0.1, 0.15) is 16.8 Å². The molecule has 0 amide bonds. The number of aromatic nitrogens is 1. The lowest BCUT2D eigenvalue weighted by atomic mass is 9.85. The average Bonchev–Trinajstić information content (AvgIpc) is 3.08. The Kier molecular flexibility index (Phi) is 3.68.